The predicted octanol–water partition coefficient (Wildman–Crippen LogP) is 3.81. The molecule has 1 fully saturated rings. The topological polar surface area (TPSA) is 66.6 Å². The summed E-state index contributed by atoms with van der Waals surface area (Å²) in [5.41, 5.74) is 0.906. The highest BCUT2D eigenvalue weighted by molar-refractivity contribution is 14.0. The molecule has 27 heavy (non-hydrogen) atoms. The van der Waals surface area contributed by atoms with Crippen LogP contribution in [0.2, 0.25) is 0 Å². The van der Waals surface area contributed by atoms with Crippen molar-refractivity contribution in [1.82, 2.24) is 25.2 Å². The lowest BCUT2D eigenvalue weighted by molar-refractivity contribution is 0.481. The summed E-state index contributed by atoms with van der Waals surface area (Å²) in [6.45, 7) is 4.80. The Morgan fingerprint density at radius 1 is 1.19 bits per heavy atom. The summed E-state index contributed by atoms with van der Waals surface area (Å²) >= 11 is 0. The van der Waals surface area contributed by atoms with Crippen LogP contribution < -0.4 is 10.6 Å². The van der Waals surface area contributed by atoms with Crippen LogP contribution in [0.4, 0.5) is 0 Å². The summed E-state index contributed by atoms with van der Waals surface area (Å²) in [6, 6.07) is 5.98. The van der Waals surface area contributed by atoms with Crippen LogP contribution in [-0.4, -0.2) is 40.2 Å². The van der Waals surface area contributed by atoms with Gasteiger partial charge in [-0.3, -0.25) is 9.39 Å². The fourth-order valence-electron chi connectivity index (χ4n) is 3.73. The Labute approximate surface area is 179 Å². The molecule has 3 rings (SSSR count). The number of pyridine rings is 1. The molecule has 2 aromatic rings. The number of aromatic nitrogens is 3. The van der Waals surface area contributed by atoms with Crippen LogP contribution in [0.15, 0.2) is 29.4 Å². The Balaban J connectivity index is 0.00000261. The quantitative estimate of drug-likeness (QED) is 0.246. The number of hydrogen-bond acceptors (Lipinski definition) is 3. The fourth-order valence-corrected chi connectivity index (χ4v) is 3.73. The third-order valence-corrected chi connectivity index (χ3v) is 5.11. The van der Waals surface area contributed by atoms with Gasteiger partial charge in [0.05, 0.1) is 0 Å². The van der Waals surface area contributed by atoms with Gasteiger partial charge in [-0.1, -0.05) is 31.7 Å². The standard InChI is InChI=1S/C20H32N6.HI/c1-2-21-20(22-14-7-11-17-9-3-4-10-17)23-15-8-13-19-25-24-18-12-5-6-16-26(18)19;/h5-6,12,16-17H,2-4,7-11,13-15H2,1H3,(H2,21,22,23);1H. The SMILES string of the molecule is CCNC(=NCCCc1nnc2ccccn12)NCCCC1CCCC1.I. The number of nitrogens with zero attached hydrogens (tertiary/aromatic N) is 4. The molecule has 0 bridgehead atoms. The van der Waals surface area contributed by atoms with Crippen molar-refractivity contribution in [2.24, 2.45) is 10.9 Å². The first-order chi connectivity index (χ1) is 12.9. The number of fused-ring (bicyclic) bond motifs is 1. The van der Waals surface area contributed by atoms with E-state index in [1.54, 1.807) is 0 Å². The summed E-state index contributed by atoms with van der Waals surface area (Å²) in [7, 11) is 0. The second-order valence-corrected chi connectivity index (χ2v) is 7.13. The summed E-state index contributed by atoms with van der Waals surface area (Å²) in [4.78, 5) is 4.70. The maximum Gasteiger partial charge on any atom is 0.191 e. The number of halogens is 1. The second-order valence-electron chi connectivity index (χ2n) is 7.13. The Bertz CT molecular complexity index is 693. The predicted molar refractivity (Wildman–Crippen MR) is 122 cm³/mol. The number of guanidine groups is 1. The highest BCUT2D eigenvalue weighted by Gasteiger charge is 2.14. The molecular formula is C20H33IN6. The Morgan fingerprint density at radius 2 is 2.04 bits per heavy atom. The minimum Gasteiger partial charge on any atom is -0.357 e. The molecule has 1 saturated carbocycles. The first-order valence-corrected chi connectivity index (χ1v) is 10.2. The molecule has 1 aliphatic rings. The molecule has 2 N–H and O–H groups in total. The van der Waals surface area contributed by atoms with E-state index >= 15 is 0 Å². The van der Waals surface area contributed by atoms with Crippen LogP contribution in [-0.2, 0) is 6.42 Å². The van der Waals surface area contributed by atoms with Crippen molar-refractivity contribution in [1.29, 1.82) is 0 Å². The van der Waals surface area contributed by atoms with Crippen LogP contribution >= 0.6 is 24.0 Å². The molecule has 0 radical (unpaired) electrons. The lowest BCUT2D eigenvalue weighted by Gasteiger charge is -2.13. The third kappa shape index (κ3) is 6.93. The normalized spacial score (nSPS) is 15.1. The second kappa shape index (κ2) is 12.2. The van der Waals surface area contributed by atoms with E-state index < -0.39 is 0 Å². The van der Waals surface area contributed by atoms with Crippen LogP contribution in [0.5, 0.6) is 0 Å². The zero-order chi connectivity index (χ0) is 18.0. The van der Waals surface area contributed by atoms with Crippen molar-refractivity contribution in [2.45, 2.75) is 58.3 Å². The molecule has 150 valence electrons. The van der Waals surface area contributed by atoms with Crippen molar-refractivity contribution < 1.29 is 0 Å². The van der Waals surface area contributed by atoms with Gasteiger partial charge in [0.1, 0.15) is 5.82 Å². The van der Waals surface area contributed by atoms with Gasteiger partial charge in [0.2, 0.25) is 0 Å². The van der Waals surface area contributed by atoms with Gasteiger partial charge >= 0.3 is 0 Å². The number of aliphatic imine (C=N–C) groups is 1. The van der Waals surface area contributed by atoms with Gasteiger partial charge in [0.25, 0.3) is 0 Å². The zero-order valence-corrected chi connectivity index (χ0v) is 18.7. The number of nitrogens with one attached hydrogen (secondary N) is 2. The largest absolute Gasteiger partial charge is 0.357 e. The molecule has 0 aromatic carbocycles. The summed E-state index contributed by atoms with van der Waals surface area (Å²) in [5.74, 6) is 2.91. The van der Waals surface area contributed by atoms with Gasteiger partial charge in [-0.05, 0) is 44.2 Å². The lowest BCUT2D eigenvalue weighted by Crippen LogP contribution is -2.38. The molecule has 2 heterocycles. The monoisotopic (exact) mass is 484 g/mol. The molecule has 7 heteroatoms. The molecule has 6 nitrogen and oxygen atoms in total. The Hall–Kier alpha value is -1.38. The fraction of sp³-hybridized carbons (Fsp3) is 0.650. The first-order valence-electron chi connectivity index (χ1n) is 10.2. The van der Waals surface area contributed by atoms with Crippen molar-refractivity contribution in [3.05, 3.63) is 30.2 Å². The summed E-state index contributed by atoms with van der Waals surface area (Å²) in [6.07, 6.45) is 12.2. The van der Waals surface area contributed by atoms with Crippen molar-refractivity contribution in [3.63, 3.8) is 0 Å². The van der Waals surface area contributed by atoms with Crippen molar-refractivity contribution in [3.8, 4) is 0 Å². The molecule has 0 amide bonds. The zero-order valence-electron chi connectivity index (χ0n) is 16.4. The Morgan fingerprint density at radius 3 is 2.85 bits per heavy atom. The van der Waals surface area contributed by atoms with E-state index in [1.807, 2.05) is 24.4 Å². The minimum atomic E-state index is 0. The summed E-state index contributed by atoms with van der Waals surface area (Å²) < 4.78 is 2.05. The average molecular weight is 484 g/mol. The van der Waals surface area contributed by atoms with E-state index in [0.29, 0.717) is 0 Å². The van der Waals surface area contributed by atoms with Gasteiger partial charge < -0.3 is 10.6 Å². The smallest absolute Gasteiger partial charge is 0.191 e. The molecule has 2 aromatic heterocycles. The van der Waals surface area contributed by atoms with Gasteiger partial charge in [0, 0.05) is 32.3 Å². The van der Waals surface area contributed by atoms with Crippen LogP contribution in [0, 0.1) is 5.92 Å². The summed E-state index contributed by atoms with van der Waals surface area (Å²) in [5, 5.41) is 15.3. The van der Waals surface area contributed by atoms with Gasteiger partial charge in [-0.2, -0.15) is 0 Å². The van der Waals surface area contributed by atoms with Gasteiger partial charge in [0.15, 0.2) is 11.6 Å². The highest BCUT2D eigenvalue weighted by atomic mass is 127. The molecular weight excluding hydrogens is 451 g/mol. The maximum absolute atomic E-state index is 4.70. The van der Waals surface area contributed by atoms with E-state index in [9.17, 15) is 0 Å². The van der Waals surface area contributed by atoms with Crippen molar-refractivity contribution >= 4 is 35.6 Å². The van der Waals surface area contributed by atoms with Crippen LogP contribution in [0.3, 0.4) is 0 Å². The average Bonchev–Trinajstić information content (AvgIpc) is 3.32. The Kier molecular flexibility index (Phi) is 9.86. The lowest BCUT2D eigenvalue weighted by atomic mass is 10.0. The van der Waals surface area contributed by atoms with E-state index in [1.165, 1.54) is 38.5 Å². The van der Waals surface area contributed by atoms with Gasteiger partial charge in [-0.25, -0.2) is 0 Å². The number of rotatable bonds is 9. The highest BCUT2D eigenvalue weighted by Crippen LogP contribution is 2.28. The molecule has 0 atom stereocenters. The van der Waals surface area contributed by atoms with Crippen LogP contribution in [0.1, 0.15) is 57.7 Å². The molecule has 0 spiro atoms. The maximum atomic E-state index is 4.70. The van der Waals surface area contributed by atoms with E-state index in [4.69, 9.17) is 4.99 Å². The van der Waals surface area contributed by atoms with Crippen molar-refractivity contribution in [2.75, 3.05) is 19.6 Å². The van der Waals surface area contributed by atoms with E-state index in [-0.39, 0.29) is 24.0 Å². The van der Waals surface area contributed by atoms with E-state index in [2.05, 4.69) is 32.2 Å². The number of aryl methyl sites for hydroxylation is 1. The van der Waals surface area contributed by atoms with E-state index in [0.717, 1.165) is 55.8 Å². The molecule has 0 saturated heterocycles. The molecule has 0 aliphatic heterocycles. The van der Waals surface area contributed by atoms with Gasteiger partial charge in [-0.15, -0.1) is 34.2 Å². The minimum absolute atomic E-state index is 0. The first kappa shape index (κ1) is 21.9. The number of hydrogen-bond donors (Lipinski definition) is 2. The third-order valence-electron chi connectivity index (χ3n) is 5.11. The molecule has 1 aliphatic carbocycles. The molecule has 0 unspecified atom stereocenters. The van der Waals surface area contributed by atoms with Crippen LogP contribution in [0.25, 0.3) is 5.65 Å².